The first kappa shape index (κ1) is 33.8. The number of aliphatic hydroxyl groups is 4. The molecule has 0 radical (unpaired) electrons. The van der Waals surface area contributed by atoms with Gasteiger partial charge in [-0.3, -0.25) is 0 Å². The predicted molar refractivity (Wildman–Crippen MR) is 99.0 cm³/mol. The van der Waals surface area contributed by atoms with Crippen LogP contribution in [0.5, 0.6) is 0 Å². The number of carboxylic acids is 1. The zero-order chi connectivity index (χ0) is 20.0. The van der Waals surface area contributed by atoms with Crippen molar-refractivity contribution in [3.05, 3.63) is 0 Å². The summed E-state index contributed by atoms with van der Waals surface area (Å²) < 4.78 is 0. The maximum Gasteiger partial charge on any atom is 0.104 e. The fourth-order valence-electron chi connectivity index (χ4n) is 1.87. The molecular formula is C19H41O6Zr-. The molecule has 0 saturated heterocycles. The van der Waals surface area contributed by atoms with Gasteiger partial charge in [0.15, 0.2) is 0 Å². The molecule has 0 aromatic rings. The number of aliphatic hydroxyl groups excluding tert-OH is 3. The topological polar surface area (TPSA) is 121 Å². The molecule has 0 amide bonds. The van der Waals surface area contributed by atoms with Gasteiger partial charge in [-0.2, -0.15) is 0 Å². The maximum atomic E-state index is 10.7. The Hall–Kier alpha value is 0.193. The van der Waals surface area contributed by atoms with Crippen LogP contribution in [0, 0.1) is 0 Å². The molecule has 7 heteroatoms. The maximum absolute atomic E-state index is 10.7. The minimum absolute atomic E-state index is 0. The number of rotatable bonds is 4. The van der Waals surface area contributed by atoms with Gasteiger partial charge in [0.1, 0.15) is 5.60 Å². The summed E-state index contributed by atoms with van der Waals surface area (Å²) in [5.74, 6) is -1.30. The third-order valence-corrected chi connectivity index (χ3v) is 3.48. The Morgan fingerprint density at radius 1 is 0.769 bits per heavy atom. The molecule has 158 valence electrons. The summed E-state index contributed by atoms with van der Waals surface area (Å²) in [4.78, 5) is 10.7. The second kappa shape index (κ2) is 27.4. The van der Waals surface area contributed by atoms with E-state index in [0.717, 1.165) is 57.8 Å². The Kier molecular flexibility index (Phi) is 35.6. The summed E-state index contributed by atoms with van der Waals surface area (Å²) in [6, 6.07) is 0. The number of hydrogen-bond acceptors (Lipinski definition) is 6. The van der Waals surface area contributed by atoms with Gasteiger partial charge < -0.3 is 30.3 Å². The summed E-state index contributed by atoms with van der Waals surface area (Å²) in [5, 5.41) is 44.0. The van der Waals surface area contributed by atoms with Crippen LogP contribution in [0.3, 0.4) is 0 Å². The van der Waals surface area contributed by atoms with Crippen LogP contribution in [0.25, 0.3) is 0 Å². The first-order valence-corrected chi connectivity index (χ1v) is 9.66. The molecule has 0 aromatic heterocycles. The van der Waals surface area contributed by atoms with Gasteiger partial charge in [-0.25, -0.2) is 0 Å². The first-order valence-electron chi connectivity index (χ1n) is 9.66. The Morgan fingerprint density at radius 3 is 1.19 bits per heavy atom. The SMILES string of the molecule is CCCO.CCCO.CCCO.O=C([O-])C1(O)CCCCCCCC1.[Zr]. The van der Waals surface area contributed by atoms with Crippen LogP contribution in [0.1, 0.15) is 91.4 Å². The van der Waals surface area contributed by atoms with E-state index in [1.54, 1.807) is 0 Å². The molecule has 0 heterocycles. The zero-order valence-electron chi connectivity index (χ0n) is 17.0. The van der Waals surface area contributed by atoms with Crippen molar-refractivity contribution in [3.63, 3.8) is 0 Å². The normalized spacial score (nSPS) is 15.5. The molecular weight excluding hydrogens is 415 g/mol. The monoisotopic (exact) mass is 455 g/mol. The molecule has 1 aliphatic carbocycles. The van der Waals surface area contributed by atoms with Crippen molar-refractivity contribution in [1.82, 2.24) is 0 Å². The second-order valence-corrected chi connectivity index (χ2v) is 6.11. The molecule has 0 unspecified atom stereocenters. The van der Waals surface area contributed by atoms with E-state index in [0.29, 0.717) is 32.7 Å². The minimum Gasteiger partial charge on any atom is -0.547 e. The molecule has 0 aromatic carbocycles. The quantitative estimate of drug-likeness (QED) is 0.511. The Bertz CT molecular complexity index is 239. The standard InChI is InChI=1S/C10H18O3.3C3H8O.Zr/c11-9(12)10(13)7-5-3-1-2-4-6-8-10;3*1-2-3-4;/h13H,1-8H2,(H,11,12);3*4H,2-3H2,1H3;/p-1. The summed E-state index contributed by atoms with van der Waals surface area (Å²) in [6.07, 6.45) is 9.29. The van der Waals surface area contributed by atoms with Gasteiger partial charge in [-0.05, 0) is 32.1 Å². The fourth-order valence-corrected chi connectivity index (χ4v) is 1.87. The number of aliphatic carboxylic acids is 1. The van der Waals surface area contributed by atoms with E-state index in [1.165, 1.54) is 0 Å². The van der Waals surface area contributed by atoms with Crippen molar-refractivity contribution in [2.24, 2.45) is 0 Å². The molecule has 0 aliphatic heterocycles. The predicted octanol–water partition coefficient (Wildman–Crippen LogP) is 1.77. The van der Waals surface area contributed by atoms with Gasteiger partial charge >= 0.3 is 0 Å². The molecule has 1 rings (SSSR count). The summed E-state index contributed by atoms with van der Waals surface area (Å²) in [5.41, 5.74) is -1.55. The fraction of sp³-hybridized carbons (Fsp3) is 0.947. The molecule has 0 atom stereocenters. The minimum atomic E-state index is -1.55. The van der Waals surface area contributed by atoms with Crippen molar-refractivity contribution < 1.29 is 56.5 Å². The van der Waals surface area contributed by atoms with E-state index < -0.39 is 11.6 Å². The zero-order valence-corrected chi connectivity index (χ0v) is 19.5. The number of carboxylic acid groups (broad SMARTS) is 1. The molecule has 1 saturated carbocycles. The Balaban J connectivity index is -0.000000155. The Labute approximate surface area is 179 Å². The molecule has 26 heavy (non-hydrogen) atoms. The van der Waals surface area contributed by atoms with Crippen molar-refractivity contribution in [1.29, 1.82) is 0 Å². The average Bonchev–Trinajstić information content (AvgIpc) is 2.75. The summed E-state index contributed by atoms with van der Waals surface area (Å²) >= 11 is 0. The molecule has 1 fully saturated rings. The van der Waals surface area contributed by atoms with Crippen LogP contribution in [-0.2, 0) is 31.0 Å². The van der Waals surface area contributed by atoms with Crippen LogP contribution < -0.4 is 5.11 Å². The van der Waals surface area contributed by atoms with Gasteiger partial charge in [-0.1, -0.05) is 59.3 Å². The first-order chi connectivity index (χ1) is 11.9. The second-order valence-electron chi connectivity index (χ2n) is 6.11. The smallest absolute Gasteiger partial charge is 0.104 e. The summed E-state index contributed by atoms with van der Waals surface area (Å²) in [7, 11) is 0. The van der Waals surface area contributed by atoms with E-state index >= 15 is 0 Å². The van der Waals surface area contributed by atoms with Crippen molar-refractivity contribution in [2.75, 3.05) is 19.8 Å². The average molecular weight is 457 g/mol. The van der Waals surface area contributed by atoms with E-state index in [4.69, 9.17) is 15.3 Å². The van der Waals surface area contributed by atoms with Crippen LogP contribution in [0.15, 0.2) is 0 Å². The molecule has 0 bridgehead atoms. The van der Waals surface area contributed by atoms with Gasteiger partial charge in [0.05, 0.1) is 5.97 Å². The van der Waals surface area contributed by atoms with Crippen molar-refractivity contribution >= 4 is 5.97 Å². The number of carbonyl (C=O) groups is 1. The van der Waals surface area contributed by atoms with Crippen LogP contribution in [-0.4, -0.2) is 51.8 Å². The van der Waals surface area contributed by atoms with E-state index in [9.17, 15) is 15.0 Å². The van der Waals surface area contributed by atoms with Gasteiger partial charge in [0.2, 0.25) is 0 Å². The van der Waals surface area contributed by atoms with Gasteiger partial charge in [-0.15, -0.1) is 0 Å². The molecule has 1 aliphatic rings. The van der Waals surface area contributed by atoms with Crippen LogP contribution >= 0.6 is 0 Å². The van der Waals surface area contributed by atoms with E-state index in [2.05, 4.69) is 0 Å². The van der Waals surface area contributed by atoms with Crippen LogP contribution in [0.4, 0.5) is 0 Å². The van der Waals surface area contributed by atoms with E-state index in [-0.39, 0.29) is 26.2 Å². The van der Waals surface area contributed by atoms with Gasteiger partial charge in [0.25, 0.3) is 0 Å². The molecule has 6 nitrogen and oxygen atoms in total. The number of carbonyl (C=O) groups excluding carboxylic acids is 1. The van der Waals surface area contributed by atoms with Crippen molar-refractivity contribution in [3.8, 4) is 0 Å². The number of hydrogen-bond donors (Lipinski definition) is 4. The van der Waals surface area contributed by atoms with Crippen molar-refractivity contribution in [2.45, 2.75) is 97.0 Å². The largest absolute Gasteiger partial charge is 0.547 e. The molecule has 4 N–H and O–H groups in total. The van der Waals surface area contributed by atoms with E-state index in [1.807, 2.05) is 20.8 Å². The third kappa shape index (κ3) is 26.4. The molecule has 0 spiro atoms. The van der Waals surface area contributed by atoms with Gasteiger partial charge in [0, 0.05) is 46.0 Å². The Morgan fingerprint density at radius 2 is 1.00 bits per heavy atom. The third-order valence-electron chi connectivity index (χ3n) is 3.48. The summed E-state index contributed by atoms with van der Waals surface area (Å²) in [6.45, 7) is 6.75. The van der Waals surface area contributed by atoms with Crippen LogP contribution in [0.2, 0.25) is 0 Å².